The fourth-order valence-corrected chi connectivity index (χ4v) is 1.58. The summed E-state index contributed by atoms with van der Waals surface area (Å²) in [7, 11) is 1.17. The highest BCUT2D eigenvalue weighted by Gasteiger charge is 2.31. The molecule has 0 aliphatic rings. The molecule has 0 heterocycles. The summed E-state index contributed by atoms with van der Waals surface area (Å²) in [4.78, 5) is 0.0329. The van der Waals surface area contributed by atoms with E-state index in [9.17, 15) is 17.4 Å². The van der Waals surface area contributed by atoms with Crippen LogP contribution in [-0.2, 0) is 21.4 Å². The SMILES string of the molecule is COS(=O)c1ccc(C(F)(F)F)cc1N. The number of hydrogen-bond donors (Lipinski definition) is 1. The van der Waals surface area contributed by atoms with Crippen molar-refractivity contribution in [2.45, 2.75) is 11.1 Å². The van der Waals surface area contributed by atoms with Gasteiger partial charge < -0.3 is 5.73 Å². The third-order valence-electron chi connectivity index (χ3n) is 1.67. The van der Waals surface area contributed by atoms with Gasteiger partial charge in [-0.25, -0.2) is 4.21 Å². The summed E-state index contributed by atoms with van der Waals surface area (Å²) in [5.41, 5.74) is 4.24. The van der Waals surface area contributed by atoms with E-state index in [1.54, 1.807) is 0 Å². The maximum atomic E-state index is 12.2. The van der Waals surface area contributed by atoms with Crippen LogP contribution in [0.4, 0.5) is 18.9 Å². The van der Waals surface area contributed by atoms with Gasteiger partial charge in [-0.05, 0) is 18.2 Å². The first-order valence-electron chi connectivity index (χ1n) is 3.79. The lowest BCUT2D eigenvalue weighted by molar-refractivity contribution is -0.137. The molecule has 0 aliphatic heterocycles. The molecule has 0 spiro atoms. The summed E-state index contributed by atoms with van der Waals surface area (Å²) in [5, 5.41) is 0. The first-order chi connectivity index (χ1) is 6.86. The molecule has 0 saturated heterocycles. The first kappa shape index (κ1) is 12.0. The van der Waals surface area contributed by atoms with Crippen LogP contribution in [0.5, 0.6) is 0 Å². The number of alkyl halides is 3. The van der Waals surface area contributed by atoms with E-state index in [1.807, 2.05) is 0 Å². The summed E-state index contributed by atoms with van der Waals surface area (Å²) in [6.07, 6.45) is -4.46. The van der Waals surface area contributed by atoms with Crippen LogP contribution in [0.2, 0.25) is 0 Å². The number of benzene rings is 1. The van der Waals surface area contributed by atoms with E-state index in [4.69, 9.17) is 5.73 Å². The van der Waals surface area contributed by atoms with Gasteiger partial charge >= 0.3 is 6.18 Å². The molecule has 0 aromatic heterocycles. The molecule has 1 atom stereocenters. The largest absolute Gasteiger partial charge is 0.416 e. The molecular formula is C8H8F3NO2S. The molecular weight excluding hydrogens is 231 g/mol. The molecule has 1 unspecified atom stereocenters. The van der Waals surface area contributed by atoms with Crippen LogP contribution in [0.25, 0.3) is 0 Å². The van der Waals surface area contributed by atoms with Gasteiger partial charge in [-0.1, -0.05) is 0 Å². The highest BCUT2D eigenvalue weighted by molar-refractivity contribution is 7.80. The molecule has 0 amide bonds. The van der Waals surface area contributed by atoms with Crippen molar-refractivity contribution in [1.29, 1.82) is 0 Å². The van der Waals surface area contributed by atoms with Gasteiger partial charge in [-0.15, -0.1) is 0 Å². The molecule has 3 nitrogen and oxygen atoms in total. The van der Waals surface area contributed by atoms with Crippen LogP contribution in [0.3, 0.4) is 0 Å². The van der Waals surface area contributed by atoms with Crippen molar-refractivity contribution in [1.82, 2.24) is 0 Å². The molecule has 0 aliphatic carbocycles. The van der Waals surface area contributed by atoms with Gasteiger partial charge in [0, 0.05) is 0 Å². The Morgan fingerprint density at radius 2 is 2.00 bits per heavy atom. The summed E-state index contributed by atoms with van der Waals surface area (Å²) in [6.45, 7) is 0. The minimum Gasteiger partial charge on any atom is -0.398 e. The van der Waals surface area contributed by atoms with Gasteiger partial charge in [0.15, 0.2) is 11.1 Å². The quantitative estimate of drug-likeness (QED) is 0.802. The lowest BCUT2D eigenvalue weighted by atomic mass is 10.2. The van der Waals surface area contributed by atoms with Gasteiger partial charge in [-0.2, -0.15) is 13.2 Å². The first-order valence-corrected chi connectivity index (χ1v) is 4.86. The second-order valence-corrected chi connectivity index (χ2v) is 3.89. The molecule has 1 rings (SSSR count). The average molecular weight is 239 g/mol. The molecule has 1 aromatic carbocycles. The third-order valence-corrected chi connectivity index (χ3v) is 2.70. The van der Waals surface area contributed by atoms with Gasteiger partial charge in [0.25, 0.3) is 0 Å². The molecule has 2 N–H and O–H groups in total. The topological polar surface area (TPSA) is 52.3 Å². The number of anilines is 1. The Hall–Kier alpha value is -1.08. The van der Waals surface area contributed by atoms with Gasteiger partial charge in [0.05, 0.1) is 23.3 Å². The Morgan fingerprint density at radius 1 is 1.40 bits per heavy atom. The zero-order chi connectivity index (χ0) is 11.6. The van der Waals surface area contributed by atoms with E-state index in [0.717, 1.165) is 18.2 Å². The lowest BCUT2D eigenvalue weighted by Gasteiger charge is -2.09. The Kier molecular flexibility index (Phi) is 3.35. The van der Waals surface area contributed by atoms with E-state index in [-0.39, 0.29) is 10.6 Å². The van der Waals surface area contributed by atoms with E-state index < -0.39 is 22.8 Å². The van der Waals surface area contributed by atoms with Crippen LogP contribution >= 0.6 is 0 Å². The van der Waals surface area contributed by atoms with Crippen LogP contribution < -0.4 is 5.73 Å². The Bertz CT molecular complexity index is 392. The van der Waals surface area contributed by atoms with E-state index >= 15 is 0 Å². The van der Waals surface area contributed by atoms with Crippen molar-refractivity contribution >= 4 is 16.8 Å². The third kappa shape index (κ3) is 2.69. The fourth-order valence-electron chi connectivity index (χ4n) is 0.966. The predicted octanol–water partition coefficient (Wildman–Crippen LogP) is 1.96. The number of rotatable bonds is 2. The van der Waals surface area contributed by atoms with Gasteiger partial charge in [0.2, 0.25) is 0 Å². The normalized spacial score (nSPS) is 13.9. The fraction of sp³-hybridized carbons (Fsp3) is 0.250. The van der Waals surface area contributed by atoms with E-state index in [1.165, 1.54) is 7.11 Å². The summed E-state index contributed by atoms with van der Waals surface area (Å²) >= 11 is -1.83. The number of hydrogen-bond acceptors (Lipinski definition) is 3. The number of nitrogens with two attached hydrogens (primary N) is 1. The zero-order valence-electron chi connectivity index (χ0n) is 7.67. The van der Waals surface area contributed by atoms with E-state index in [2.05, 4.69) is 4.18 Å². The van der Waals surface area contributed by atoms with E-state index in [0.29, 0.717) is 0 Å². The molecule has 7 heteroatoms. The van der Waals surface area contributed by atoms with Gasteiger partial charge in [0.1, 0.15) is 0 Å². The maximum Gasteiger partial charge on any atom is 0.416 e. The van der Waals surface area contributed by atoms with Crippen molar-refractivity contribution in [3.8, 4) is 0 Å². The predicted molar refractivity (Wildman–Crippen MR) is 49.3 cm³/mol. The molecule has 0 bridgehead atoms. The molecule has 84 valence electrons. The van der Waals surface area contributed by atoms with Crippen molar-refractivity contribution < 1.29 is 21.6 Å². The Balaban J connectivity index is 3.15. The standard InChI is InChI=1S/C8H8F3NO2S/c1-14-15(13)7-3-2-5(4-6(7)12)8(9,10)11/h2-4H,12H2,1H3. The average Bonchev–Trinajstić information content (AvgIpc) is 2.15. The summed E-state index contributed by atoms with van der Waals surface area (Å²) in [6, 6.07) is 2.58. The second kappa shape index (κ2) is 4.19. The monoisotopic (exact) mass is 239 g/mol. The smallest absolute Gasteiger partial charge is 0.398 e. The van der Waals surface area contributed by atoms with Crippen LogP contribution in [0.15, 0.2) is 23.1 Å². The molecule has 0 fully saturated rings. The van der Waals surface area contributed by atoms with Crippen LogP contribution in [-0.4, -0.2) is 11.3 Å². The minimum absolute atomic E-state index is 0.0329. The molecule has 1 aromatic rings. The van der Waals surface area contributed by atoms with Crippen molar-refractivity contribution in [3.05, 3.63) is 23.8 Å². The van der Waals surface area contributed by atoms with Crippen molar-refractivity contribution in [2.24, 2.45) is 0 Å². The lowest BCUT2D eigenvalue weighted by Crippen LogP contribution is -2.07. The zero-order valence-corrected chi connectivity index (χ0v) is 8.48. The molecule has 0 radical (unpaired) electrons. The highest BCUT2D eigenvalue weighted by Crippen LogP contribution is 2.32. The van der Waals surface area contributed by atoms with Gasteiger partial charge in [-0.3, -0.25) is 4.18 Å². The maximum absolute atomic E-state index is 12.2. The summed E-state index contributed by atoms with van der Waals surface area (Å²) < 4.78 is 52.2. The number of nitrogen functional groups attached to an aromatic ring is 1. The van der Waals surface area contributed by atoms with Crippen molar-refractivity contribution in [3.63, 3.8) is 0 Å². The second-order valence-electron chi connectivity index (χ2n) is 2.65. The Morgan fingerprint density at radius 3 is 2.40 bits per heavy atom. The molecule has 0 saturated carbocycles. The minimum atomic E-state index is -4.46. The Labute approximate surface area is 86.7 Å². The van der Waals surface area contributed by atoms with Crippen LogP contribution in [0.1, 0.15) is 5.56 Å². The van der Waals surface area contributed by atoms with Crippen molar-refractivity contribution in [2.75, 3.05) is 12.8 Å². The summed E-state index contributed by atoms with van der Waals surface area (Å²) in [5.74, 6) is 0. The highest BCUT2D eigenvalue weighted by atomic mass is 32.2. The van der Waals surface area contributed by atoms with Crippen LogP contribution in [0, 0.1) is 0 Å². The number of halogens is 3. The molecule has 15 heavy (non-hydrogen) atoms.